The van der Waals surface area contributed by atoms with Gasteiger partial charge in [-0.1, -0.05) is 42.1 Å². The van der Waals surface area contributed by atoms with Crippen LogP contribution in [-0.2, 0) is 29.7 Å². The molecule has 41 heavy (non-hydrogen) atoms. The van der Waals surface area contributed by atoms with Gasteiger partial charge in [0, 0.05) is 12.3 Å². The van der Waals surface area contributed by atoms with Crippen LogP contribution in [0.5, 0.6) is 0 Å². The fraction of sp³-hybridized carbons (Fsp3) is 0.520. The quantitative estimate of drug-likeness (QED) is 0.137. The minimum atomic E-state index is -4.01. The van der Waals surface area contributed by atoms with Crippen molar-refractivity contribution in [2.75, 3.05) is 25.6 Å². The van der Waals surface area contributed by atoms with Gasteiger partial charge in [-0.05, 0) is 26.3 Å². The summed E-state index contributed by atoms with van der Waals surface area (Å²) in [4.78, 5) is 34.9. The highest BCUT2D eigenvalue weighted by Crippen LogP contribution is 2.46. The Kier molecular flexibility index (Phi) is 9.84. The van der Waals surface area contributed by atoms with Gasteiger partial charge in [-0.15, -0.1) is 0 Å². The van der Waals surface area contributed by atoms with Crippen molar-refractivity contribution in [1.82, 2.24) is 24.6 Å². The SMILES string of the molecule is CC(C)(CO)C(=O)SCCOP(=O)(NCc1ccccc1)OC[C@H]1O[C@@H](n2cnc3c(=O)[nH]cnc32)[C@](C)(O)C1O. The van der Waals surface area contributed by atoms with E-state index < -0.39 is 49.4 Å². The third-order valence-corrected chi connectivity index (χ3v) is 9.37. The van der Waals surface area contributed by atoms with E-state index in [2.05, 4.69) is 20.0 Å². The lowest BCUT2D eigenvalue weighted by molar-refractivity contribution is -0.119. The lowest BCUT2D eigenvalue weighted by atomic mass is 9.96. The van der Waals surface area contributed by atoms with E-state index in [4.69, 9.17) is 13.8 Å². The van der Waals surface area contributed by atoms with Crippen molar-refractivity contribution in [3.63, 3.8) is 0 Å². The summed E-state index contributed by atoms with van der Waals surface area (Å²) < 4.78 is 32.2. The molecule has 0 spiro atoms. The van der Waals surface area contributed by atoms with Gasteiger partial charge in [0.15, 0.2) is 22.5 Å². The van der Waals surface area contributed by atoms with Crippen LogP contribution in [0.3, 0.4) is 0 Å². The second-order valence-electron chi connectivity index (χ2n) is 10.4. The molecule has 0 amide bonds. The van der Waals surface area contributed by atoms with E-state index in [0.29, 0.717) is 0 Å². The van der Waals surface area contributed by atoms with Crippen LogP contribution in [0.2, 0.25) is 0 Å². The fourth-order valence-corrected chi connectivity index (χ4v) is 6.29. The van der Waals surface area contributed by atoms with Crippen molar-refractivity contribution in [3.05, 3.63) is 58.9 Å². The molecule has 1 aromatic carbocycles. The third-order valence-electron chi connectivity index (χ3n) is 6.63. The number of carbonyl (C=O) groups excluding carboxylic acids is 1. The van der Waals surface area contributed by atoms with E-state index in [9.17, 15) is 29.5 Å². The molecule has 2 aromatic heterocycles. The predicted octanol–water partition coefficient (Wildman–Crippen LogP) is 1.34. The first-order valence-corrected chi connectivity index (χ1v) is 15.3. The van der Waals surface area contributed by atoms with Crippen LogP contribution in [0.4, 0.5) is 0 Å². The number of hydrogen-bond donors (Lipinski definition) is 5. The average molecular weight is 612 g/mol. The number of H-pyrrole nitrogens is 1. The largest absolute Gasteiger partial charge is 0.405 e. The van der Waals surface area contributed by atoms with Gasteiger partial charge in [0.1, 0.15) is 17.8 Å². The molecule has 224 valence electrons. The summed E-state index contributed by atoms with van der Waals surface area (Å²) in [5, 5.41) is 34.0. The van der Waals surface area contributed by atoms with Crippen molar-refractivity contribution < 1.29 is 38.5 Å². The number of aromatic nitrogens is 4. The van der Waals surface area contributed by atoms with Gasteiger partial charge in [-0.3, -0.25) is 23.2 Å². The van der Waals surface area contributed by atoms with Crippen molar-refractivity contribution in [2.45, 2.75) is 51.4 Å². The summed E-state index contributed by atoms with van der Waals surface area (Å²) in [5.74, 6) is 0.155. The van der Waals surface area contributed by atoms with Crippen LogP contribution >= 0.6 is 19.5 Å². The molecule has 0 bridgehead atoms. The van der Waals surface area contributed by atoms with Crippen LogP contribution in [-0.4, -0.2) is 83.3 Å². The highest BCUT2D eigenvalue weighted by Gasteiger charge is 2.54. The summed E-state index contributed by atoms with van der Waals surface area (Å²) in [6.45, 7) is 3.87. The number of aromatic amines is 1. The van der Waals surface area contributed by atoms with Crippen molar-refractivity contribution in [1.29, 1.82) is 0 Å². The van der Waals surface area contributed by atoms with E-state index in [-0.39, 0.29) is 41.8 Å². The second-order valence-corrected chi connectivity index (χ2v) is 13.3. The minimum absolute atomic E-state index is 0.0304. The number of nitrogens with one attached hydrogen (secondary N) is 2. The Morgan fingerprint density at radius 3 is 2.73 bits per heavy atom. The average Bonchev–Trinajstić information content (AvgIpc) is 3.48. The lowest BCUT2D eigenvalue weighted by Gasteiger charge is -2.27. The van der Waals surface area contributed by atoms with Gasteiger partial charge in [0.2, 0.25) is 0 Å². The van der Waals surface area contributed by atoms with Crippen LogP contribution in [0, 0.1) is 5.41 Å². The van der Waals surface area contributed by atoms with E-state index >= 15 is 0 Å². The fourth-order valence-electron chi connectivity index (χ4n) is 4.05. The standard InChI is InChI=1S/C25H34N5O9PS/c1-24(2,13-31)23(34)41-10-9-37-40(36,29-11-16-7-5-4-6-8-16)38-12-17-19(32)25(3,35)22(39-17)30-15-28-18-20(30)26-14-27-21(18)33/h4-8,14-15,17,19,22,31-32,35H,9-13H2,1-3H3,(H,29,36)(H,26,27,33)/t17-,19?,22-,25-,40?/m1/s1. The van der Waals surface area contributed by atoms with Gasteiger partial charge in [-0.25, -0.2) is 19.6 Å². The number of rotatable bonds is 13. The van der Waals surface area contributed by atoms with Gasteiger partial charge in [0.25, 0.3) is 5.56 Å². The number of hydrogen-bond acceptors (Lipinski definition) is 12. The molecule has 3 heterocycles. The molecule has 0 saturated carbocycles. The molecule has 14 nitrogen and oxygen atoms in total. The summed E-state index contributed by atoms with van der Waals surface area (Å²) in [7, 11) is -4.01. The Bertz CT molecular complexity index is 1450. The van der Waals surface area contributed by atoms with Crippen LogP contribution in [0.25, 0.3) is 11.2 Å². The zero-order chi connectivity index (χ0) is 29.8. The van der Waals surface area contributed by atoms with E-state index in [0.717, 1.165) is 17.3 Å². The molecule has 5 N–H and O–H groups in total. The summed E-state index contributed by atoms with van der Waals surface area (Å²) >= 11 is 0.942. The molecule has 1 aliphatic heterocycles. The molecule has 5 atom stereocenters. The molecular weight excluding hydrogens is 577 g/mol. The molecule has 1 saturated heterocycles. The highest BCUT2D eigenvalue weighted by atomic mass is 32.2. The van der Waals surface area contributed by atoms with E-state index in [1.807, 2.05) is 30.3 Å². The van der Waals surface area contributed by atoms with Gasteiger partial charge < -0.3 is 25.0 Å². The van der Waals surface area contributed by atoms with Crippen molar-refractivity contribution in [3.8, 4) is 0 Å². The van der Waals surface area contributed by atoms with Crippen LogP contribution in [0.1, 0.15) is 32.6 Å². The highest BCUT2D eigenvalue weighted by molar-refractivity contribution is 8.13. The molecule has 4 rings (SSSR count). The van der Waals surface area contributed by atoms with Gasteiger partial charge >= 0.3 is 7.75 Å². The molecule has 2 unspecified atom stereocenters. The first kappa shape index (κ1) is 31.5. The number of fused-ring (bicyclic) bond motifs is 1. The van der Waals surface area contributed by atoms with Gasteiger partial charge in [-0.2, -0.15) is 0 Å². The minimum Gasteiger partial charge on any atom is -0.395 e. The Morgan fingerprint density at radius 2 is 2.02 bits per heavy atom. The number of ether oxygens (including phenoxy) is 1. The Morgan fingerprint density at radius 1 is 1.29 bits per heavy atom. The number of nitrogens with zero attached hydrogens (tertiary/aromatic N) is 3. The van der Waals surface area contributed by atoms with Crippen LogP contribution < -0.4 is 10.6 Å². The van der Waals surface area contributed by atoms with Crippen LogP contribution in [0.15, 0.2) is 47.8 Å². The second kappa shape index (κ2) is 12.8. The molecule has 3 aromatic rings. The number of imidazole rings is 1. The zero-order valence-corrected chi connectivity index (χ0v) is 24.5. The monoisotopic (exact) mass is 611 g/mol. The summed E-state index contributed by atoms with van der Waals surface area (Å²) in [6.07, 6.45) is -1.37. The maximum Gasteiger partial charge on any atom is 0.405 e. The summed E-state index contributed by atoms with van der Waals surface area (Å²) in [5.41, 5.74) is -2.28. The van der Waals surface area contributed by atoms with E-state index in [1.54, 1.807) is 13.8 Å². The molecule has 1 fully saturated rings. The zero-order valence-electron chi connectivity index (χ0n) is 22.8. The number of carbonyl (C=O) groups is 1. The predicted molar refractivity (Wildman–Crippen MR) is 150 cm³/mol. The number of benzene rings is 1. The first-order chi connectivity index (χ1) is 19.4. The van der Waals surface area contributed by atoms with Gasteiger partial charge in [0.05, 0.1) is 37.9 Å². The normalized spacial score (nSPS) is 24.5. The summed E-state index contributed by atoms with van der Waals surface area (Å²) in [6, 6.07) is 9.13. The number of aliphatic hydroxyl groups is 3. The molecule has 0 aliphatic carbocycles. The first-order valence-electron chi connectivity index (χ1n) is 12.8. The molecule has 1 aliphatic rings. The number of aliphatic hydroxyl groups excluding tert-OH is 2. The molecular formula is C25H34N5O9PS. The van der Waals surface area contributed by atoms with Crippen molar-refractivity contribution >= 4 is 35.8 Å². The topological polar surface area (TPSA) is 198 Å². The third kappa shape index (κ3) is 7.13. The Hall–Kier alpha value is -2.46. The Balaban J connectivity index is 1.45. The molecule has 0 radical (unpaired) electrons. The van der Waals surface area contributed by atoms with E-state index in [1.165, 1.54) is 24.1 Å². The maximum atomic E-state index is 13.7. The smallest absolute Gasteiger partial charge is 0.395 e. The lowest BCUT2D eigenvalue weighted by Crippen LogP contribution is -2.44. The maximum absolute atomic E-state index is 13.7. The molecule has 16 heteroatoms. The van der Waals surface area contributed by atoms with Crippen molar-refractivity contribution in [2.24, 2.45) is 5.41 Å². The Labute approximate surface area is 240 Å². The number of thioether (sulfide) groups is 1.